The standard InChI is InChI=1S/C17H27N7O/c1-13-9-15(22(4)20-13)19-17(25)12-23-7-8-24(14(2)10-23)11-16-18-5-6-21(16)3/h5-6,9,14H,7-8,10-12H2,1-4H3,(H,19,25)/t14-/m1/s1. The Kier molecular flexibility index (Phi) is 5.19. The molecule has 1 aliphatic heterocycles. The molecular formula is C17H27N7O. The van der Waals surface area contributed by atoms with Gasteiger partial charge in [-0.3, -0.25) is 19.3 Å². The smallest absolute Gasteiger partial charge is 0.239 e. The predicted molar refractivity (Wildman–Crippen MR) is 96.1 cm³/mol. The summed E-state index contributed by atoms with van der Waals surface area (Å²) in [5, 5.41) is 7.19. The van der Waals surface area contributed by atoms with Gasteiger partial charge in [-0.2, -0.15) is 5.10 Å². The van der Waals surface area contributed by atoms with E-state index >= 15 is 0 Å². The van der Waals surface area contributed by atoms with E-state index < -0.39 is 0 Å². The molecule has 136 valence electrons. The molecule has 25 heavy (non-hydrogen) atoms. The molecule has 8 heteroatoms. The number of nitrogens with zero attached hydrogens (tertiary/aromatic N) is 6. The van der Waals surface area contributed by atoms with E-state index in [0.717, 1.165) is 43.5 Å². The third-order valence-electron chi connectivity index (χ3n) is 4.75. The first-order valence-electron chi connectivity index (χ1n) is 8.65. The minimum atomic E-state index is 0.00718. The SMILES string of the molecule is Cc1cc(NC(=O)CN2CCN(Cc3nccn3C)[C@H](C)C2)n(C)n1. The van der Waals surface area contributed by atoms with Crippen LogP contribution in [0.5, 0.6) is 0 Å². The highest BCUT2D eigenvalue weighted by molar-refractivity contribution is 5.91. The number of aromatic nitrogens is 4. The Hall–Kier alpha value is -2.19. The van der Waals surface area contributed by atoms with E-state index in [-0.39, 0.29) is 5.91 Å². The Bertz CT molecular complexity index is 735. The van der Waals surface area contributed by atoms with Crippen LogP contribution in [0.25, 0.3) is 0 Å². The molecule has 0 unspecified atom stereocenters. The van der Waals surface area contributed by atoms with E-state index in [0.29, 0.717) is 12.6 Å². The minimum Gasteiger partial charge on any atom is -0.337 e. The molecule has 3 rings (SSSR count). The Morgan fingerprint density at radius 3 is 2.76 bits per heavy atom. The van der Waals surface area contributed by atoms with Gasteiger partial charge in [-0.05, 0) is 13.8 Å². The average molecular weight is 345 g/mol. The van der Waals surface area contributed by atoms with Gasteiger partial charge in [-0.15, -0.1) is 0 Å². The second-order valence-electron chi connectivity index (χ2n) is 6.85. The van der Waals surface area contributed by atoms with Crippen molar-refractivity contribution in [1.29, 1.82) is 0 Å². The quantitative estimate of drug-likeness (QED) is 0.860. The van der Waals surface area contributed by atoms with Gasteiger partial charge in [0.1, 0.15) is 11.6 Å². The molecule has 1 amide bonds. The summed E-state index contributed by atoms with van der Waals surface area (Å²) in [5.41, 5.74) is 0.898. The highest BCUT2D eigenvalue weighted by Gasteiger charge is 2.25. The van der Waals surface area contributed by atoms with Crippen LogP contribution in [-0.2, 0) is 25.4 Å². The van der Waals surface area contributed by atoms with E-state index in [9.17, 15) is 4.79 Å². The second kappa shape index (κ2) is 7.37. The largest absolute Gasteiger partial charge is 0.337 e. The normalized spacial score (nSPS) is 19.3. The lowest BCUT2D eigenvalue weighted by molar-refractivity contribution is -0.118. The lowest BCUT2D eigenvalue weighted by atomic mass is 10.2. The van der Waals surface area contributed by atoms with Gasteiger partial charge in [0.15, 0.2) is 0 Å². The van der Waals surface area contributed by atoms with Crippen molar-refractivity contribution in [3.63, 3.8) is 0 Å². The van der Waals surface area contributed by atoms with E-state index in [4.69, 9.17) is 0 Å². The number of imidazole rings is 1. The lowest BCUT2D eigenvalue weighted by Crippen LogP contribution is -2.53. The van der Waals surface area contributed by atoms with Crippen molar-refractivity contribution >= 4 is 11.7 Å². The molecule has 0 saturated carbocycles. The van der Waals surface area contributed by atoms with Crippen LogP contribution in [0.15, 0.2) is 18.5 Å². The van der Waals surface area contributed by atoms with Crippen LogP contribution in [0.1, 0.15) is 18.4 Å². The fourth-order valence-corrected chi connectivity index (χ4v) is 3.29. The summed E-state index contributed by atoms with van der Waals surface area (Å²) in [6, 6.07) is 2.27. The van der Waals surface area contributed by atoms with Crippen molar-refractivity contribution in [3.8, 4) is 0 Å². The predicted octanol–water partition coefficient (Wildman–Crippen LogP) is 0.607. The molecule has 1 saturated heterocycles. The maximum Gasteiger partial charge on any atom is 0.239 e. The summed E-state index contributed by atoms with van der Waals surface area (Å²) in [6.07, 6.45) is 3.81. The molecule has 8 nitrogen and oxygen atoms in total. The van der Waals surface area contributed by atoms with Crippen LogP contribution in [-0.4, -0.2) is 67.3 Å². The number of nitrogens with one attached hydrogen (secondary N) is 1. The van der Waals surface area contributed by atoms with Crippen molar-refractivity contribution in [1.82, 2.24) is 29.1 Å². The molecule has 0 spiro atoms. The molecule has 1 atom stereocenters. The zero-order valence-corrected chi connectivity index (χ0v) is 15.4. The van der Waals surface area contributed by atoms with Gasteiger partial charge in [0.05, 0.1) is 18.8 Å². The van der Waals surface area contributed by atoms with Crippen LogP contribution < -0.4 is 5.32 Å². The van der Waals surface area contributed by atoms with Gasteiger partial charge in [0.2, 0.25) is 5.91 Å². The van der Waals surface area contributed by atoms with Crippen molar-refractivity contribution in [2.24, 2.45) is 14.1 Å². The number of anilines is 1. The summed E-state index contributed by atoms with van der Waals surface area (Å²) in [4.78, 5) is 21.3. The first-order chi connectivity index (χ1) is 11.9. The zero-order chi connectivity index (χ0) is 18.0. The maximum atomic E-state index is 12.3. The first kappa shape index (κ1) is 17.6. The van der Waals surface area contributed by atoms with Gasteiger partial charge in [0.25, 0.3) is 0 Å². The number of carbonyl (C=O) groups excluding carboxylic acids is 1. The minimum absolute atomic E-state index is 0.00718. The number of aryl methyl sites for hydroxylation is 3. The molecule has 2 aromatic rings. The van der Waals surface area contributed by atoms with Crippen molar-refractivity contribution in [3.05, 3.63) is 30.0 Å². The van der Waals surface area contributed by atoms with E-state index in [1.165, 1.54) is 0 Å². The van der Waals surface area contributed by atoms with E-state index in [1.54, 1.807) is 4.68 Å². The van der Waals surface area contributed by atoms with Gasteiger partial charge in [-0.25, -0.2) is 4.98 Å². The van der Waals surface area contributed by atoms with E-state index in [2.05, 4.69) is 36.7 Å². The van der Waals surface area contributed by atoms with Crippen molar-refractivity contribution in [2.45, 2.75) is 26.4 Å². The lowest BCUT2D eigenvalue weighted by Gasteiger charge is -2.39. The Morgan fingerprint density at radius 1 is 1.36 bits per heavy atom. The Morgan fingerprint density at radius 2 is 2.16 bits per heavy atom. The molecule has 1 N–H and O–H groups in total. The second-order valence-corrected chi connectivity index (χ2v) is 6.85. The summed E-state index contributed by atoms with van der Waals surface area (Å²) in [7, 11) is 3.86. The van der Waals surface area contributed by atoms with Gasteiger partial charge in [-0.1, -0.05) is 0 Å². The van der Waals surface area contributed by atoms with Crippen LogP contribution in [0.2, 0.25) is 0 Å². The summed E-state index contributed by atoms with van der Waals surface area (Å²) in [6.45, 7) is 8.07. The maximum absolute atomic E-state index is 12.3. The van der Waals surface area contributed by atoms with Crippen LogP contribution >= 0.6 is 0 Å². The highest BCUT2D eigenvalue weighted by atomic mass is 16.2. The van der Waals surface area contributed by atoms with Crippen LogP contribution in [0.3, 0.4) is 0 Å². The number of carbonyl (C=O) groups is 1. The molecule has 2 aromatic heterocycles. The first-order valence-corrected chi connectivity index (χ1v) is 8.65. The molecule has 0 bridgehead atoms. The number of hydrogen-bond donors (Lipinski definition) is 1. The monoisotopic (exact) mass is 345 g/mol. The molecule has 3 heterocycles. The van der Waals surface area contributed by atoms with Gasteiger partial charge >= 0.3 is 0 Å². The third kappa shape index (κ3) is 4.26. The molecule has 0 radical (unpaired) electrons. The third-order valence-corrected chi connectivity index (χ3v) is 4.75. The fourth-order valence-electron chi connectivity index (χ4n) is 3.29. The highest BCUT2D eigenvalue weighted by Crippen LogP contribution is 2.13. The van der Waals surface area contributed by atoms with E-state index in [1.807, 2.05) is 39.5 Å². The van der Waals surface area contributed by atoms with Crippen LogP contribution in [0.4, 0.5) is 5.82 Å². The molecule has 1 aliphatic rings. The van der Waals surface area contributed by atoms with Crippen LogP contribution in [0, 0.1) is 6.92 Å². The molecular weight excluding hydrogens is 318 g/mol. The van der Waals surface area contributed by atoms with Gasteiger partial charge < -0.3 is 9.88 Å². The number of piperazine rings is 1. The van der Waals surface area contributed by atoms with Crippen molar-refractivity contribution < 1.29 is 4.79 Å². The molecule has 0 aromatic carbocycles. The molecule has 1 fully saturated rings. The topological polar surface area (TPSA) is 71.2 Å². The summed E-state index contributed by atoms with van der Waals surface area (Å²) >= 11 is 0. The number of amides is 1. The summed E-state index contributed by atoms with van der Waals surface area (Å²) in [5.74, 6) is 1.82. The molecule has 0 aliphatic carbocycles. The van der Waals surface area contributed by atoms with Gasteiger partial charge in [0, 0.05) is 58.2 Å². The fraction of sp³-hybridized carbons (Fsp3) is 0.588. The van der Waals surface area contributed by atoms with Crippen molar-refractivity contribution in [2.75, 3.05) is 31.5 Å². The Balaban J connectivity index is 1.50. The summed E-state index contributed by atoms with van der Waals surface area (Å²) < 4.78 is 3.75. The number of hydrogen-bond acceptors (Lipinski definition) is 5. The Labute approximate surface area is 148 Å². The zero-order valence-electron chi connectivity index (χ0n) is 15.4. The number of rotatable bonds is 5. The average Bonchev–Trinajstić information content (AvgIpc) is 3.07.